The van der Waals surface area contributed by atoms with Crippen LogP contribution in [0, 0.1) is 0 Å². The van der Waals surface area contributed by atoms with Gasteiger partial charge in [0.15, 0.2) is 0 Å². The zero-order chi connectivity index (χ0) is 13.5. The predicted molar refractivity (Wildman–Crippen MR) is 73.8 cm³/mol. The number of hydrogen-bond donors (Lipinski definition) is 2. The molecule has 1 unspecified atom stereocenters. The lowest BCUT2D eigenvalue weighted by atomic mass is 10.0. The minimum absolute atomic E-state index is 0.00465. The fraction of sp³-hybridized carbons (Fsp3) is 0.533. The van der Waals surface area contributed by atoms with Crippen LogP contribution in [0.15, 0.2) is 24.3 Å². The number of aliphatic carboxylic acids is 1. The number of hydrogen-bond acceptors (Lipinski definition) is 2. The number of aryl methyl sites for hydroxylation is 1. The Labute approximate surface area is 109 Å². The molecule has 1 atom stereocenters. The Hall–Kier alpha value is -1.35. The molecule has 1 rings (SSSR count). The normalized spacial score (nSPS) is 12.7. The molecule has 100 valence electrons. The van der Waals surface area contributed by atoms with Crippen LogP contribution < -0.4 is 5.32 Å². The first-order chi connectivity index (χ1) is 8.51. The van der Waals surface area contributed by atoms with Gasteiger partial charge in [-0.1, -0.05) is 45.0 Å². The molecule has 0 bridgehead atoms. The third-order valence-electron chi connectivity index (χ3n) is 2.90. The Morgan fingerprint density at radius 2 is 1.78 bits per heavy atom. The molecule has 0 aliphatic carbocycles. The average Bonchev–Trinajstić information content (AvgIpc) is 2.28. The van der Waals surface area contributed by atoms with Crippen molar-refractivity contribution in [2.24, 2.45) is 0 Å². The second-order valence-electron chi connectivity index (χ2n) is 4.99. The fourth-order valence-corrected chi connectivity index (χ4v) is 2.07. The molecule has 0 fully saturated rings. The van der Waals surface area contributed by atoms with Crippen molar-refractivity contribution in [2.45, 2.75) is 52.1 Å². The standard InChI is InChI=1S/C15H23NO2/c1-4-12-5-7-13(8-6-12)9-14(10-15(17)18)16-11(2)3/h5-8,11,14,16H,4,9-10H2,1-3H3,(H,17,18). The molecular weight excluding hydrogens is 226 g/mol. The van der Waals surface area contributed by atoms with E-state index in [-0.39, 0.29) is 12.5 Å². The predicted octanol–water partition coefficient (Wildman–Crippen LogP) is 2.63. The maximum absolute atomic E-state index is 10.8. The number of carboxylic acid groups (broad SMARTS) is 1. The zero-order valence-corrected chi connectivity index (χ0v) is 11.4. The third-order valence-corrected chi connectivity index (χ3v) is 2.90. The van der Waals surface area contributed by atoms with Crippen molar-refractivity contribution in [2.75, 3.05) is 0 Å². The summed E-state index contributed by atoms with van der Waals surface area (Å²) in [6, 6.07) is 8.70. The number of carboxylic acids is 1. The minimum Gasteiger partial charge on any atom is -0.481 e. The van der Waals surface area contributed by atoms with Gasteiger partial charge >= 0.3 is 5.97 Å². The number of rotatable bonds is 7. The van der Waals surface area contributed by atoms with Crippen molar-refractivity contribution < 1.29 is 9.90 Å². The van der Waals surface area contributed by atoms with Crippen LogP contribution in [0.4, 0.5) is 0 Å². The molecule has 2 N–H and O–H groups in total. The van der Waals surface area contributed by atoms with Gasteiger partial charge in [-0.3, -0.25) is 4.79 Å². The number of nitrogens with one attached hydrogen (secondary N) is 1. The Morgan fingerprint density at radius 3 is 2.22 bits per heavy atom. The van der Waals surface area contributed by atoms with Gasteiger partial charge in [-0.05, 0) is 24.0 Å². The highest BCUT2D eigenvalue weighted by Crippen LogP contribution is 2.10. The summed E-state index contributed by atoms with van der Waals surface area (Å²) in [5, 5.41) is 12.2. The van der Waals surface area contributed by atoms with E-state index in [1.807, 2.05) is 13.8 Å². The van der Waals surface area contributed by atoms with E-state index in [0.29, 0.717) is 6.04 Å². The highest BCUT2D eigenvalue weighted by molar-refractivity contribution is 5.67. The largest absolute Gasteiger partial charge is 0.481 e. The Kier molecular flexibility index (Phi) is 5.86. The minimum atomic E-state index is -0.752. The highest BCUT2D eigenvalue weighted by atomic mass is 16.4. The van der Waals surface area contributed by atoms with E-state index >= 15 is 0 Å². The second kappa shape index (κ2) is 7.17. The number of carbonyl (C=O) groups is 1. The first-order valence-corrected chi connectivity index (χ1v) is 6.57. The van der Waals surface area contributed by atoms with E-state index in [9.17, 15) is 4.79 Å². The van der Waals surface area contributed by atoms with Gasteiger partial charge in [0.2, 0.25) is 0 Å². The summed E-state index contributed by atoms with van der Waals surface area (Å²) >= 11 is 0. The van der Waals surface area contributed by atoms with Crippen LogP contribution in [0.1, 0.15) is 38.3 Å². The lowest BCUT2D eigenvalue weighted by Gasteiger charge is -2.19. The van der Waals surface area contributed by atoms with Crippen LogP contribution in [0.5, 0.6) is 0 Å². The van der Waals surface area contributed by atoms with Crippen molar-refractivity contribution >= 4 is 5.97 Å². The van der Waals surface area contributed by atoms with Crippen LogP contribution >= 0.6 is 0 Å². The topological polar surface area (TPSA) is 49.3 Å². The summed E-state index contributed by atoms with van der Waals surface area (Å²) in [4.78, 5) is 10.8. The van der Waals surface area contributed by atoms with Crippen LogP contribution in [0.25, 0.3) is 0 Å². The lowest BCUT2D eigenvalue weighted by Crippen LogP contribution is -2.38. The van der Waals surface area contributed by atoms with Crippen molar-refractivity contribution in [1.82, 2.24) is 5.32 Å². The van der Waals surface area contributed by atoms with E-state index in [4.69, 9.17) is 5.11 Å². The fourth-order valence-electron chi connectivity index (χ4n) is 2.07. The van der Waals surface area contributed by atoms with Gasteiger partial charge in [0.1, 0.15) is 0 Å². The maximum atomic E-state index is 10.8. The van der Waals surface area contributed by atoms with Crippen molar-refractivity contribution in [3.05, 3.63) is 35.4 Å². The van der Waals surface area contributed by atoms with Crippen LogP contribution in [0.2, 0.25) is 0 Å². The van der Waals surface area contributed by atoms with Gasteiger partial charge in [-0.2, -0.15) is 0 Å². The van der Waals surface area contributed by atoms with E-state index in [2.05, 4.69) is 36.5 Å². The summed E-state index contributed by atoms with van der Waals surface area (Å²) in [6.45, 7) is 6.20. The molecule has 0 saturated carbocycles. The summed E-state index contributed by atoms with van der Waals surface area (Å²) in [7, 11) is 0. The molecule has 1 aromatic carbocycles. The van der Waals surface area contributed by atoms with Gasteiger partial charge in [0.25, 0.3) is 0 Å². The van der Waals surface area contributed by atoms with E-state index in [0.717, 1.165) is 12.8 Å². The first-order valence-electron chi connectivity index (χ1n) is 6.57. The molecule has 0 heterocycles. The quantitative estimate of drug-likeness (QED) is 0.781. The highest BCUT2D eigenvalue weighted by Gasteiger charge is 2.14. The Morgan fingerprint density at radius 1 is 1.22 bits per heavy atom. The van der Waals surface area contributed by atoms with Crippen LogP contribution in [0.3, 0.4) is 0 Å². The molecular formula is C15H23NO2. The smallest absolute Gasteiger partial charge is 0.304 e. The average molecular weight is 249 g/mol. The first kappa shape index (κ1) is 14.7. The molecule has 0 saturated heterocycles. The van der Waals surface area contributed by atoms with Gasteiger partial charge in [-0.15, -0.1) is 0 Å². The molecule has 1 aromatic rings. The van der Waals surface area contributed by atoms with Crippen molar-refractivity contribution in [3.63, 3.8) is 0 Å². The van der Waals surface area contributed by atoms with E-state index in [1.54, 1.807) is 0 Å². The molecule has 3 heteroatoms. The van der Waals surface area contributed by atoms with Crippen molar-refractivity contribution in [1.29, 1.82) is 0 Å². The summed E-state index contributed by atoms with van der Waals surface area (Å²) in [5.41, 5.74) is 2.50. The molecule has 0 aromatic heterocycles. The van der Waals surface area contributed by atoms with Crippen LogP contribution in [-0.2, 0) is 17.6 Å². The SMILES string of the molecule is CCc1ccc(CC(CC(=O)O)NC(C)C)cc1. The van der Waals surface area contributed by atoms with Gasteiger partial charge in [0, 0.05) is 12.1 Å². The molecule has 0 aliphatic rings. The Balaban J connectivity index is 2.65. The van der Waals surface area contributed by atoms with Crippen molar-refractivity contribution in [3.8, 4) is 0 Å². The maximum Gasteiger partial charge on any atom is 0.304 e. The second-order valence-corrected chi connectivity index (χ2v) is 4.99. The molecule has 0 amide bonds. The number of benzene rings is 1. The third kappa shape index (κ3) is 5.32. The van der Waals surface area contributed by atoms with Gasteiger partial charge in [0.05, 0.1) is 6.42 Å². The summed E-state index contributed by atoms with van der Waals surface area (Å²) in [5.74, 6) is -0.752. The van der Waals surface area contributed by atoms with E-state index < -0.39 is 5.97 Å². The molecule has 0 radical (unpaired) electrons. The summed E-state index contributed by atoms with van der Waals surface area (Å²) < 4.78 is 0. The molecule has 18 heavy (non-hydrogen) atoms. The van der Waals surface area contributed by atoms with E-state index in [1.165, 1.54) is 11.1 Å². The molecule has 3 nitrogen and oxygen atoms in total. The Bertz CT molecular complexity index is 371. The molecule has 0 spiro atoms. The van der Waals surface area contributed by atoms with Gasteiger partial charge in [-0.25, -0.2) is 0 Å². The van der Waals surface area contributed by atoms with Gasteiger partial charge < -0.3 is 10.4 Å². The molecule has 0 aliphatic heterocycles. The monoisotopic (exact) mass is 249 g/mol. The summed E-state index contributed by atoms with van der Waals surface area (Å²) in [6.07, 6.45) is 1.95. The zero-order valence-electron chi connectivity index (χ0n) is 11.4. The lowest BCUT2D eigenvalue weighted by molar-refractivity contribution is -0.137. The van der Waals surface area contributed by atoms with Crippen LogP contribution in [-0.4, -0.2) is 23.2 Å².